The zero-order valence-electron chi connectivity index (χ0n) is 9.97. The van der Waals surface area contributed by atoms with Crippen molar-refractivity contribution in [3.63, 3.8) is 0 Å². The van der Waals surface area contributed by atoms with Crippen molar-refractivity contribution in [3.05, 3.63) is 29.6 Å². The molecule has 1 aromatic carbocycles. The smallest absolute Gasteiger partial charge is 0.260 e. The first kappa shape index (κ1) is 12.8. The molecule has 0 bridgehead atoms. The second-order valence-electron chi connectivity index (χ2n) is 4.46. The van der Waals surface area contributed by atoms with Gasteiger partial charge in [-0.3, -0.25) is 4.79 Å². The maximum absolute atomic E-state index is 13.6. The minimum atomic E-state index is -0.734. The Labute approximate surface area is 105 Å². The summed E-state index contributed by atoms with van der Waals surface area (Å²) in [5, 5.41) is 18.8. The van der Waals surface area contributed by atoms with E-state index in [1.807, 2.05) is 0 Å². The van der Waals surface area contributed by atoms with Crippen molar-refractivity contribution in [1.82, 2.24) is 4.90 Å². The molecule has 5 heteroatoms. The molecule has 2 N–H and O–H groups in total. The van der Waals surface area contributed by atoms with Gasteiger partial charge in [0.1, 0.15) is 17.1 Å². The summed E-state index contributed by atoms with van der Waals surface area (Å²) in [5.41, 5.74) is -0.308. The van der Waals surface area contributed by atoms with Gasteiger partial charge in [-0.1, -0.05) is 6.07 Å². The molecule has 1 aliphatic rings. The molecule has 1 heterocycles. The lowest BCUT2D eigenvalue weighted by Crippen LogP contribution is -2.45. The number of nitrogens with zero attached hydrogens (tertiary/aromatic N) is 1. The number of phenolic OH excluding ortho intramolecular Hbond substituents is 1. The van der Waals surface area contributed by atoms with Crippen molar-refractivity contribution in [2.75, 3.05) is 13.2 Å². The van der Waals surface area contributed by atoms with Crippen LogP contribution in [-0.2, 0) is 0 Å². The number of phenols is 1. The number of aliphatic hydroxyl groups excluding tert-OH is 1. The molecule has 0 aromatic heterocycles. The Kier molecular flexibility index (Phi) is 3.81. The number of amides is 1. The summed E-state index contributed by atoms with van der Waals surface area (Å²) in [7, 11) is 0. The molecule has 1 saturated heterocycles. The Bertz CT molecular complexity index is 430. The van der Waals surface area contributed by atoms with Gasteiger partial charge in [-0.15, -0.1) is 0 Å². The van der Waals surface area contributed by atoms with Crippen molar-refractivity contribution >= 4 is 5.91 Å². The van der Waals surface area contributed by atoms with Gasteiger partial charge in [-0.25, -0.2) is 4.39 Å². The zero-order chi connectivity index (χ0) is 13.1. The SMILES string of the molecule is O=C(c1c(O)cccc1F)N1CCCCC1CO. The van der Waals surface area contributed by atoms with Crippen LogP contribution in [0.3, 0.4) is 0 Å². The second-order valence-corrected chi connectivity index (χ2v) is 4.46. The number of carbonyl (C=O) groups is 1. The van der Waals surface area contributed by atoms with E-state index in [1.165, 1.54) is 17.0 Å². The Balaban J connectivity index is 2.30. The molecule has 1 unspecified atom stereocenters. The van der Waals surface area contributed by atoms with Crippen LogP contribution in [0.5, 0.6) is 5.75 Å². The van der Waals surface area contributed by atoms with E-state index < -0.39 is 11.7 Å². The lowest BCUT2D eigenvalue weighted by Gasteiger charge is -2.34. The average Bonchev–Trinajstić information content (AvgIpc) is 2.38. The van der Waals surface area contributed by atoms with E-state index in [0.29, 0.717) is 13.0 Å². The standard InChI is InChI=1S/C13H16FNO3/c14-10-5-3-6-11(17)12(10)13(18)15-7-2-1-4-9(15)8-16/h3,5-6,9,16-17H,1-2,4,7-8H2. The maximum atomic E-state index is 13.6. The monoisotopic (exact) mass is 253 g/mol. The molecule has 0 spiro atoms. The molecule has 2 rings (SSSR count). The molecule has 0 radical (unpaired) electrons. The van der Waals surface area contributed by atoms with Gasteiger partial charge in [0.2, 0.25) is 0 Å². The van der Waals surface area contributed by atoms with E-state index in [2.05, 4.69) is 0 Å². The Morgan fingerprint density at radius 3 is 2.89 bits per heavy atom. The van der Waals surface area contributed by atoms with Gasteiger partial charge in [-0.2, -0.15) is 0 Å². The Morgan fingerprint density at radius 1 is 1.44 bits per heavy atom. The predicted molar refractivity (Wildman–Crippen MR) is 63.8 cm³/mol. The van der Waals surface area contributed by atoms with E-state index >= 15 is 0 Å². The van der Waals surface area contributed by atoms with Crippen LogP contribution in [0, 0.1) is 5.82 Å². The third-order valence-corrected chi connectivity index (χ3v) is 3.30. The summed E-state index contributed by atoms with van der Waals surface area (Å²) < 4.78 is 13.6. The fourth-order valence-corrected chi connectivity index (χ4v) is 2.33. The van der Waals surface area contributed by atoms with Crippen molar-refractivity contribution in [2.24, 2.45) is 0 Å². The van der Waals surface area contributed by atoms with Gasteiger partial charge in [0.05, 0.1) is 12.6 Å². The van der Waals surface area contributed by atoms with Gasteiger partial charge >= 0.3 is 0 Å². The number of benzene rings is 1. The molecule has 0 saturated carbocycles. The number of hydrogen-bond donors (Lipinski definition) is 2. The number of aliphatic hydroxyl groups is 1. The van der Waals surface area contributed by atoms with Gasteiger partial charge < -0.3 is 15.1 Å². The second kappa shape index (κ2) is 5.35. The highest BCUT2D eigenvalue weighted by Crippen LogP contribution is 2.25. The minimum Gasteiger partial charge on any atom is -0.507 e. The first-order valence-electron chi connectivity index (χ1n) is 6.04. The average molecular weight is 253 g/mol. The van der Waals surface area contributed by atoms with E-state index in [1.54, 1.807) is 0 Å². The van der Waals surface area contributed by atoms with Gasteiger partial charge in [-0.05, 0) is 31.4 Å². The molecule has 1 fully saturated rings. The summed E-state index contributed by atoms with van der Waals surface area (Å²) in [6.45, 7) is 0.346. The Hall–Kier alpha value is -1.62. The summed E-state index contributed by atoms with van der Waals surface area (Å²) in [4.78, 5) is 13.7. The lowest BCUT2D eigenvalue weighted by molar-refractivity contribution is 0.0495. The van der Waals surface area contributed by atoms with Crippen LogP contribution in [-0.4, -0.2) is 40.2 Å². The number of likely N-dealkylation sites (tertiary alicyclic amines) is 1. The zero-order valence-corrected chi connectivity index (χ0v) is 9.97. The predicted octanol–water partition coefficient (Wildman–Crippen LogP) is 1.52. The number of piperidine rings is 1. The number of aromatic hydroxyl groups is 1. The highest BCUT2D eigenvalue weighted by molar-refractivity contribution is 5.97. The summed E-state index contributed by atoms with van der Waals surface area (Å²) in [6, 6.07) is 3.49. The molecule has 1 aliphatic heterocycles. The van der Waals surface area contributed by atoms with Crippen molar-refractivity contribution < 1.29 is 19.4 Å². The fourth-order valence-electron chi connectivity index (χ4n) is 2.33. The van der Waals surface area contributed by atoms with Gasteiger partial charge in [0.15, 0.2) is 0 Å². The molecule has 1 amide bonds. The van der Waals surface area contributed by atoms with Crippen LogP contribution in [0.2, 0.25) is 0 Å². The van der Waals surface area contributed by atoms with Crippen LogP contribution in [0.25, 0.3) is 0 Å². The first-order valence-corrected chi connectivity index (χ1v) is 6.04. The lowest BCUT2D eigenvalue weighted by atomic mass is 10.0. The molecule has 0 aliphatic carbocycles. The Morgan fingerprint density at radius 2 is 2.22 bits per heavy atom. The minimum absolute atomic E-state index is 0.138. The summed E-state index contributed by atoms with van der Waals surface area (Å²) in [5.74, 6) is -1.64. The van der Waals surface area contributed by atoms with Gasteiger partial charge in [0, 0.05) is 6.54 Å². The van der Waals surface area contributed by atoms with E-state index in [-0.39, 0.29) is 24.0 Å². The molecule has 1 atom stereocenters. The third kappa shape index (κ3) is 2.31. The number of rotatable bonds is 2. The molecule has 1 aromatic rings. The highest BCUT2D eigenvalue weighted by atomic mass is 19.1. The number of hydrogen-bond acceptors (Lipinski definition) is 3. The number of halogens is 1. The summed E-state index contributed by atoms with van der Waals surface area (Å²) in [6.07, 6.45) is 2.48. The van der Waals surface area contributed by atoms with E-state index in [9.17, 15) is 19.4 Å². The van der Waals surface area contributed by atoms with Crippen LogP contribution < -0.4 is 0 Å². The normalized spacial score (nSPS) is 19.9. The van der Waals surface area contributed by atoms with Gasteiger partial charge in [0.25, 0.3) is 5.91 Å². The van der Waals surface area contributed by atoms with Crippen LogP contribution in [0.1, 0.15) is 29.6 Å². The van der Waals surface area contributed by atoms with Crippen molar-refractivity contribution in [3.8, 4) is 5.75 Å². The maximum Gasteiger partial charge on any atom is 0.260 e. The van der Waals surface area contributed by atoms with Crippen LogP contribution >= 0.6 is 0 Å². The van der Waals surface area contributed by atoms with E-state index in [4.69, 9.17) is 0 Å². The topological polar surface area (TPSA) is 60.8 Å². The van der Waals surface area contributed by atoms with Crippen LogP contribution in [0.4, 0.5) is 4.39 Å². The molecule has 4 nitrogen and oxygen atoms in total. The van der Waals surface area contributed by atoms with Crippen molar-refractivity contribution in [2.45, 2.75) is 25.3 Å². The number of carbonyl (C=O) groups excluding carboxylic acids is 1. The third-order valence-electron chi connectivity index (χ3n) is 3.30. The largest absolute Gasteiger partial charge is 0.507 e. The molecule has 18 heavy (non-hydrogen) atoms. The summed E-state index contributed by atoms with van der Waals surface area (Å²) >= 11 is 0. The molecular weight excluding hydrogens is 237 g/mol. The first-order chi connectivity index (χ1) is 8.65. The molecule has 98 valence electrons. The quantitative estimate of drug-likeness (QED) is 0.840. The van der Waals surface area contributed by atoms with Crippen LogP contribution in [0.15, 0.2) is 18.2 Å². The van der Waals surface area contributed by atoms with Crippen molar-refractivity contribution in [1.29, 1.82) is 0 Å². The van der Waals surface area contributed by atoms with E-state index in [0.717, 1.165) is 18.9 Å². The highest BCUT2D eigenvalue weighted by Gasteiger charge is 2.29. The fraction of sp³-hybridized carbons (Fsp3) is 0.462. The molecular formula is C13H16FNO3.